The molecule has 1 saturated heterocycles. The van der Waals surface area contributed by atoms with Gasteiger partial charge in [0, 0.05) is 42.9 Å². The predicted octanol–water partition coefficient (Wildman–Crippen LogP) is 6.90. The van der Waals surface area contributed by atoms with Crippen LogP contribution in [-0.2, 0) is 22.5 Å². The fourth-order valence-electron chi connectivity index (χ4n) is 6.41. The molecule has 1 unspecified atom stereocenters. The zero-order chi connectivity index (χ0) is 36.8. The Hall–Kier alpha value is -4.97. The smallest absolute Gasteiger partial charge is 0.410 e. The van der Waals surface area contributed by atoms with Crippen LogP contribution >= 0.6 is 11.6 Å². The first-order valence-electron chi connectivity index (χ1n) is 16.4. The number of nitrogens with zero attached hydrogens (tertiary/aromatic N) is 8. The molecule has 16 heteroatoms. The standard InChI is InChI=1S/C35H36ClF3N8O4/c1-19-16-45(33(49)51-34(3,4)5)9-8-26(19)47-32-24(15-43-47)31(23(12-40)25(44-32)10-20(2)35(37,38)39)21-6-7-27-28(11-21)50-18-30(48)46(27)17-29-41-13-22(36)14-42-29/h6-7,11,13-15,19-20,26H,8-10,16-18H2,1-5H3/t19-,20?,26-/m1/s1. The molecule has 51 heavy (non-hydrogen) atoms. The van der Waals surface area contributed by atoms with Gasteiger partial charge in [0.05, 0.1) is 46.7 Å². The van der Waals surface area contributed by atoms with Crippen LogP contribution in [0.5, 0.6) is 5.75 Å². The highest BCUT2D eigenvalue weighted by Crippen LogP contribution is 2.42. The Balaban J connectivity index is 1.42. The summed E-state index contributed by atoms with van der Waals surface area (Å²) in [4.78, 5) is 41.9. The lowest BCUT2D eigenvalue weighted by molar-refractivity contribution is -0.169. The number of carbonyl (C=O) groups is 2. The number of rotatable bonds is 6. The van der Waals surface area contributed by atoms with Crippen LogP contribution in [0.1, 0.15) is 64.2 Å². The number of hydrogen-bond acceptors (Lipinski definition) is 9. The Bertz CT molecular complexity index is 2020. The first kappa shape index (κ1) is 35.8. The van der Waals surface area contributed by atoms with Crippen LogP contribution in [0, 0.1) is 23.2 Å². The molecule has 5 heterocycles. The van der Waals surface area contributed by atoms with E-state index in [2.05, 4.69) is 26.1 Å². The maximum absolute atomic E-state index is 13.9. The molecule has 0 radical (unpaired) electrons. The van der Waals surface area contributed by atoms with E-state index in [1.54, 1.807) is 54.7 Å². The molecule has 2 aliphatic rings. The summed E-state index contributed by atoms with van der Waals surface area (Å²) in [5.74, 6) is -1.53. The topological polar surface area (TPSA) is 139 Å². The van der Waals surface area contributed by atoms with E-state index in [4.69, 9.17) is 21.1 Å². The van der Waals surface area contributed by atoms with Crippen LogP contribution in [-0.4, -0.2) is 73.1 Å². The van der Waals surface area contributed by atoms with Gasteiger partial charge in [0.1, 0.15) is 23.2 Å². The quantitative estimate of drug-likeness (QED) is 0.208. The lowest BCUT2D eigenvalue weighted by Gasteiger charge is -2.37. The Morgan fingerprint density at radius 1 is 1.20 bits per heavy atom. The first-order chi connectivity index (χ1) is 24.0. The first-order valence-corrected chi connectivity index (χ1v) is 16.8. The average molecular weight is 725 g/mol. The van der Waals surface area contributed by atoms with Gasteiger partial charge in [0.25, 0.3) is 5.91 Å². The molecule has 0 N–H and O–H groups in total. The maximum Gasteiger partial charge on any atom is 0.410 e. The van der Waals surface area contributed by atoms with Crippen molar-refractivity contribution in [2.24, 2.45) is 11.8 Å². The van der Waals surface area contributed by atoms with Gasteiger partial charge in [-0.05, 0) is 50.8 Å². The monoisotopic (exact) mass is 724 g/mol. The zero-order valence-corrected chi connectivity index (χ0v) is 29.4. The predicted molar refractivity (Wildman–Crippen MR) is 181 cm³/mol. The van der Waals surface area contributed by atoms with Gasteiger partial charge in [0.2, 0.25) is 0 Å². The van der Waals surface area contributed by atoms with Gasteiger partial charge in [-0.25, -0.2) is 24.4 Å². The second-order valence-electron chi connectivity index (χ2n) is 13.9. The van der Waals surface area contributed by atoms with E-state index >= 15 is 0 Å². The van der Waals surface area contributed by atoms with Crippen molar-refractivity contribution in [3.05, 3.63) is 58.9 Å². The van der Waals surface area contributed by atoms with E-state index in [1.165, 1.54) is 17.3 Å². The molecule has 2 aliphatic heterocycles. The number of halogens is 4. The van der Waals surface area contributed by atoms with E-state index in [0.717, 1.165) is 6.92 Å². The molecule has 12 nitrogen and oxygen atoms in total. The molecule has 1 fully saturated rings. The van der Waals surface area contributed by atoms with Gasteiger partial charge in [-0.2, -0.15) is 23.5 Å². The van der Waals surface area contributed by atoms with Crippen LogP contribution in [0.2, 0.25) is 5.02 Å². The maximum atomic E-state index is 13.9. The number of aromatic nitrogens is 5. The molecule has 2 amide bonds. The lowest BCUT2D eigenvalue weighted by atomic mass is 9.92. The minimum Gasteiger partial charge on any atom is -0.482 e. The molecular formula is C35H36ClF3N8O4. The second-order valence-corrected chi connectivity index (χ2v) is 14.4. The minimum atomic E-state index is -4.52. The largest absolute Gasteiger partial charge is 0.482 e. The summed E-state index contributed by atoms with van der Waals surface area (Å²) in [7, 11) is 0. The molecule has 4 aromatic rings. The van der Waals surface area contributed by atoms with Crippen LogP contribution in [0.4, 0.5) is 23.7 Å². The lowest BCUT2D eigenvalue weighted by Crippen LogP contribution is -2.45. The number of likely N-dealkylation sites (tertiary alicyclic amines) is 1. The van der Waals surface area contributed by atoms with E-state index in [0.29, 0.717) is 64.0 Å². The van der Waals surface area contributed by atoms with Gasteiger partial charge in [-0.3, -0.25) is 9.69 Å². The number of pyridine rings is 1. The van der Waals surface area contributed by atoms with Gasteiger partial charge in [-0.1, -0.05) is 31.5 Å². The molecule has 0 bridgehead atoms. The summed E-state index contributed by atoms with van der Waals surface area (Å²) in [5, 5.41) is 15.9. The molecule has 0 spiro atoms. The molecule has 6 rings (SSSR count). The van der Waals surface area contributed by atoms with E-state index < -0.39 is 30.2 Å². The van der Waals surface area contributed by atoms with Crippen molar-refractivity contribution in [2.75, 3.05) is 24.6 Å². The second kappa shape index (κ2) is 13.6. The summed E-state index contributed by atoms with van der Waals surface area (Å²) >= 11 is 5.92. The van der Waals surface area contributed by atoms with Crippen molar-refractivity contribution in [1.82, 2.24) is 29.6 Å². The molecular weight excluding hydrogens is 689 g/mol. The fraction of sp³-hybridized carbons (Fsp3) is 0.457. The fourth-order valence-corrected chi connectivity index (χ4v) is 6.50. The van der Waals surface area contributed by atoms with Crippen molar-refractivity contribution in [3.8, 4) is 22.9 Å². The highest BCUT2D eigenvalue weighted by atomic mass is 35.5. The van der Waals surface area contributed by atoms with Crippen LogP contribution in [0.3, 0.4) is 0 Å². The van der Waals surface area contributed by atoms with Gasteiger partial charge < -0.3 is 14.4 Å². The van der Waals surface area contributed by atoms with Crippen LogP contribution < -0.4 is 9.64 Å². The molecule has 3 atom stereocenters. The third-order valence-electron chi connectivity index (χ3n) is 8.98. The summed E-state index contributed by atoms with van der Waals surface area (Å²) in [6.07, 6.45) is -0.545. The number of nitriles is 1. The summed E-state index contributed by atoms with van der Waals surface area (Å²) in [6.45, 7) is 8.95. The highest BCUT2D eigenvalue weighted by molar-refractivity contribution is 6.30. The van der Waals surface area contributed by atoms with E-state index in [1.807, 2.05) is 6.92 Å². The minimum absolute atomic E-state index is 0.0100. The van der Waals surface area contributed by atoms with Gasteiger partial charge in [0.15, 0.2) is 12.3 Å². The number of carbonyl (C=O) groups excluding carboxylic acids is 2. The number of anilines is 1. The number of fused-ring (bicyclic) bond motifs is 2. The summed E-state index contributed by atoms with van der Waals surface area (Å²) < 4.78 is 54.7. The normalized spacial score (nSPS) is 18.6. The van der Waals surface area contributed by atoms with Gasteiger partial charge >= 0.3 is 12.3 Å². The van der Waals surface area contributed by atoms with Crippen molar-refractivity contribution >= 4 is 40.3 Å². The number of benzene rings is 1. The van der Waals surface area contributed by atoms with Gasteiger partial charge in [-0.15, -0.1) is 0 Å². The van der Waals surface area contributed by atoms with E-state index in [9.17, 15) is 28.0 Å². The number of hydrogen-bond donors (Lipinski definition) is 0. The molecule has 268 valence electrons. The van der Waals surface area contributed by atoms with E-state index in [-0.39, 0.29) is 42.3 Å². The third kappa shape index (κ3) is 7.42. The van der Waals surface area contributed by atoms with Crippen LogP contribution in [0.25, 0.3) is 22.2 Å². The molecule has 0 saturated carbocycles. The molecule has 0 aliphatic carbocycles. The summed E-state index contributed by atoms with van der Waals surface area (Å²) in [6, 6.07) is 6.87. The molecule has 3 aromatic heterocycles. The third-order valence-corrected chi connectivity index (χ3v) is 9.17. The number of piperidine rings is 1. The van der Waals surface area contributed by atoms with Crippen molar-refractivity contribution in [2.45, 2.75) is 71.8 Å². The zero-order valence-electron chi connectivity index (χ0n) is 28.7. The van der Waals surface area contributed by atoms with Crippen LogP contribution in [0.15, 0.2) is 36.8 Å². The average Bonchev–Trinajstić information content (AvgIpc) is 3.48. The van der Waals surface area contributed by atoms with Crippen molar-refractivity contribution in [1.29, 1.82) is 5.26 Å². The SMILES string of the molecule is CC(Cc1nc2c(cnn2[C@@H]2CCN(C(=O)OC(C)(C)C)C[C@H]2C)c(-c2ccc3c(c2)OCC(=O)N3Cc2ncc(Cl)cn2)c1C#N)C(F)(F)F. The Morgan fingerprint density at radius 3 is 2.57 bits per heavy atom. The summed E-state index contributed by atoms with van der Waals surface area (Å²) in [5.41, 5.74) is 0.912. The number of alkyl halides is 3. The highest BCUT2D eigenvalue weighted by Gasteiger charge is 2.38. The van der Waals surface area contributed by atoms with Crippen molar-refractivity contribution < 1.29 is 32.2 Å². The Kier molecular flexibility index (Phi) is 9.58. The number of ether oxygens (including phenoxy) is 2. The Labute approximate surface area is 297 Å². The van der Waals surface area contributed by atoms with Crippen molar-refractivity contribution in [3.63, 3.8) is 0 Å². The Morgan fingerprint density at radius 2 is 1.92 bits per heavy atom. The molecule has 1 aromatic carbocycles. The number of amides is 2.